The Balaban J connectivity index is 2.00. The lowest BCUT2D eigenvalue weighted by atomic mass is 9.98. The molecular formula is C18H14Br2. The molecular weight excluding hydrogens is 376 g/mol. The van der Waals surface area contributed by atoms with Gasteiger partial charge in [0.05, 0.1) is 0 Å². The standard InChI is InChI=1S/C18H14Br2/c19-17-11-10-16(14-8-4-5-9-15(14)17)18(20)12-13-6-2-1-3-7-13/h1-11,18H,12H2. The molecule has 0 amide bonds. The summed E-state index contributed by atoms with van der Waals surface area (Å²) in [5, 5.41) is 2.57. The van der Waals surface area contributed by atoms with Crippen molar-refractivity contribution in [2.75, 3.05) is 0 Å². The lowest BCUT2D eigenvalue weighted by Gasteiger charge is -2.14. The molecule has 100 valence electrons. The van der Waals surface area contributed by atoms with E-state index in [0.717, 1.165) is 10.9 Å². The van der Waals surface area contributed by atoms with Crippen molar-refractivity contribution < 1.29 is 0 Å². The van der Waals surface area contributed by atoms with E-state index in [1.54, 1.807) is 0 Å². The molecule has 0 nitrogen and oxygen atoms in total. The second-order valence-electron chi connectivity index (χ2n) is 4.84. The van der Waals surface area contributed by atoms with Crippen LogP contribution in [0.25, 0.3) is 10.8 Å². The number of rotatable bonds is 3. The third-order valence-corrected chi connectivity index (χ3v) is 5.01. The summed E-state index contributed by atoms with van der Waals surface area (Å²) in [5.74, 6) is 0. The van der Waals surface area contributed by atoms with Gasteiger partial charge in [-0.05, 0) is 34.4 Å². The molecule has 0 aromatic heterocycles. The quantitative estimate of drug-likeness (QED) is 0.462. The molecule has 3 aromatic rings. The Kier molecular flexibility index (Phi) is 4.23. The van der Waals surface area contributed by atoms with E-state index in [0.29, 0.717) is 4.83 Å². The number of benzene rings is 3. The smallest absolute Gasteiger partial charge is 0.0441 e. The molecule has 0 saturated heterocycles. The molecule has 0 saturated carbocycles. The monoisotopic (exact) mass is 388 g/mol. The minimum absolute atomic E-state index is 0.322. The molecule has 3 aromatic carbocycles. The lowest BCUT2D eigenvalue weighted by Crippen LogP contribution is -1.96. The maximum atomic E-state index is 3.85. The molecule has 3 rings (SSSR count). The van der Waals surface area contributed by atoms with Gasteiger partial charge in [0.2, 0.25) is 0 Å². The Morgan fingerprint density at radius 2 is 1.40 bits per heavy atom. The van der Waals surface area contributed by atoms with Gasteiger partial charge in [0.25, 0.3) is 0 Å². The van der Waals surface area contributed by atoms with Gasteiger partial charge >= 0.3 is 0 Å². The number of fused-ring (bicyclic) bond motifs is 1. The number of alkyl halides is 1. The van der Waals surface area contributed by atoms with Crippen molar-refractivity contribution in [3.63, 3.8) is 0 Å². The van der Waals surface area contributed by atoms with Crippen molar-refractivity contribution in [1.29, 1.82) is 0 Å². The Morgan fingerprint density at radius 3 is 2.15 bits per heavy atom. The fraction of sp³-hybridized carbons (Fsp3) is 0.111. The highest BCUT2D eigenvalue weighted by molar-refractivity contribution is 9.10. The topological polar surface area (TPSA) is 0 Å². The van der Waals surface area contributed by atoms with Crippen LogP contribution >= 0.6 is 31.9 Å². The van der Waals surface area contributed by atoms with Gasteiger partial charge < -0.3 is 0 Å². The molecule has 0 heterocycles. The zero-order chi connectivity index (χ0) is 13.9. The van der Waals surface area contributed by atoms with E-state index in [2.05, 4.69) is 98.6 Å². The van der Waals surface area contributed by atoms with Crippen molar-refractivity contribution in [3.05, 3.63) is 82.3 Å². The van der Waals surface area contributed by atoms with Crippen molar-refractivity contribution in [1.82, 2.24) is 0 Å². The van der Waals surface area contributed by atoms with E-state index in [1.165, 1.54) is 21.9 Å². The highest BCUT2D eigenvalue weighted by Gasteiger charge is 2.12. The molecule has 0 spiro atoms. The van der Waals surface area contributed by atoms with Crippen LogP contribution in [0.3, 0.4) is 0 Å². The van der Waals surface area contributed by atoms with Crippen molar-refractivity contribution in [3.8, 4) is 0 Å². The molecule has 1 unspecified atom stereocenters. The summed E-state index contributed by atoms with van der Waals surface area (Å²) in [7, 11) is 0. The average molecular weight is 390 g/mol. The van der Waals surface area contributed by atoms with Gasteiger partial charge in [0.1, 0.15) is 0 Å². The maximum absolute atomic E-state index is 3.85. The summed E-state index contributed by atoms with van der Waals surface area (Å²) in [6.45, 7) is 0. The molecule has 2 heteroatoms. The summed E-state index contributed by atoms with van der Waals surface area (Å²) in [6.07, 6.45) is 0.993. The normalized spacial score (nSPS) is 12.5. The van der Waals surface area contributed by atoms with Crippen LogP contribution in [-0.2, 0) is 6.42 Å². The molecule has 0 fully saturated rings. The van der Waals surface area contributed by atoms with E-state index in [9.17, 15) is 0 Å². The van der Waals surface area contributed by atoms with Gasteiger partial charge in [-0.1, -0.05) is 92.5 Å². The van der Waals surface area contributed by atoms with Crippen molar-refractivity contribution in [2.24, 2.45) is 0 Å². The predicted octanol–water partition coefficient (Wildman–Crippen LogP) is 6.28. The first-order valence-electron chi connectivity index (χ1n) is 6.61. The first-order chi connectivity index (χ1) is 9.75. The van der Waals surface area contributed by atoms with Crippen LogP contribution in [0.5, 0.6) is 0 Å². The predicted molar refractivity (Wildman–Crippen MR) is 93.5 cm³/mol. The fourth-order valence-electron chi connectivity index (χ4n) is 2.49. The molecule has 0 aliphatic rings. The molecule has 0 radical (unpaired) electrons. The van der Waals surface area contributed by atoms with Gasteiger partial charge in [0, 0.05) is 9.30 Å². The van der Waals surface area contributed by atoms with Crippen LogP contribution in [0.15, 0.2) is 71.2 Å². The van der Waals surface area contributed by atoms with E-state index in [4.69, 9.17) is 0 Å². The second kappa shape index (κ2) is 6.11. The minimum Gasteiger partial charge on any atom is -0.0835 e. The summed E-state index contributed by atoms with van der Waals surface area (Å²) in [6, 6.07) is 23.5. The third kappa shape index (κ3) is 2.82. The summed E-state index contributed by atoms with van der Waals surface area (Å²) >= 11 is 7.48. The van der Waals surface area contributed by atoms with Crippen LogP contribution in [0, 0.1) is 0 Å². The molecule has 0 bridgehead atoms. The average Bonchev–Trinajstić information content (AvgIpc) is 2.49. The Bertz CT molecular complexity index is 720. The van der Waals surface area contributed by atoms with Gasteiger partial charge in [-0.2, -0.15) is 0 Å². The number of hydrogen-bond donors (Lipinski definition) is 0. The largest absolute Gasteiger partial charge is 0.0835 e. The van der Waals surface area contributed by atoms with E-state index < -0.39 is 0 Å². The molecule has 20 heavy (non-hydrogen) atoms. The van der Waals surface area contributed by atoms with E-state index in [1.807, 2.05) is 0 Å². The molecule has 0 aliphatic carbocycles. The molecule has 0 N–H and O–H groups in total. The molecule has 1 atom stereocenters. The number of halogens is 2. The first-order valence-corrected chi connectivity index (χ1v) is 8.32. The summed E-state index contributed by atoms with van der Waals surface area (Å²) in [5.41, 5.74) is 2.69. The van der Waals surface area contributed by atoms with Crippen molar-refractivity contribution in [2.45, 2.75) is 11.2 Å². The minimum atomic E-state index is 0.322. The SMILES string of the molecule is Brc1ccc(C(Br)Cc2ccccc2)c2ccccc12. The lowest BCUT2D eigenvalue weighted by molar-refractivity contribution is 0.957. The van der Waals surface area contributed by atoms with E-state index >= 15 is 0 Å². The zero-order valence-corrected chi connectivity index (χ0v) is 14.1. The van der Waals surface area contributed by atoms with Crippen molar-refractivity contribution >= 4 is 42.6 Å². The number of hydrogen-bond acceptors (Lipinski definition) is 0. The Morgan fingerprint density at radius 1 is 0.750 bits per heavy atom. The highest BCUT2D eigenvalue weighted by atomic mass is 79.9. The highest BCUT2D eigenvalue weighted by Crippen LogP contribution is 2.35. The van der Waals surface area contributed by atoms with Gasteiger partial charge in [-0.3, -0.25) is 0 Å². The van der Waals surface area contributed by atoms with Gasteiger partial charge in [0.15, 0.2) is 0 Å². The van der Waals surface area contributed by atoms with Crippen LogP contribution in [0.1, 0.15) is 16.0 Å². The third-order valence-electron chi connectivity index (χ3n) is 3.50. The van der Waals surface area contributed by atoms with Crippen LogP contribution in [0.4, 0.5) is 0 Å². The first kappa shape index (κ1) is 13.8. The Labute approximate surface area is 136 Å². The maximum Gasteiger partial charge on any atom is 0.0441 e. The second-order valence-corrected chi connectivity index (χ2v) is 6.80. The summed E-state index contributed by atoms with van der Waals surface area (Å²) in [4.78, 5) is 0.322. The zero-order valence-electron chi connectivity index (χ0n) is 10.9. The summed E-state index contributed by atoms with van der Waals surface area (Å²) < 4.78 is 1.15. The van der Waals surface area contributed by atoms with Crippen LogP contribution < -0.4 is 0 Å². The van der Waals surface area contributed by atoms with Crippen LogP contribution in [0.2, 0.25) is 0 Å². The Hall–Kier alpha value is -1.12. The molecule has 0 aliphatic heterocycles. The van der Waals surface area contributed by atoms with Crippen LogP contribution in [-0.4, -0.2) is 0 Å². The van der Waals surface area contributed by atoms with Gasteiger partial charge in [-0.25, -0.2) is 0 Å². The van der Waals surface area contributed by atoms with E-state index in [-0.39, 0.29) is 0 Å². The fourth-order valence-corrected chi connectivity index (χ4v) is 3.74. The van der Waals surface area contributed by atoms with Gasteiger partial charge in [-0.15, -0.1) is 0 Å².